The number of hydrogen-bond acceptors (Lipinski definition) is 5. The van der Waals surface area contributed by atoms with Crippen LogP contribution in [-0.2, 0) is 0 Å². The molecule has 6 heteroatoms. The van der Waals surface area contributed by atoms with E-state index in [0.29, 0.717) is 17.3 Å². The smallest absolute Gasteiger partial charge is 0.244 e. The van der Waals surface area contributed by atoms with Gasteiger partial charge in [-0.05, 0) is 70.5 Å². The minimum absolute atomic E-state index is 0.0387. The van der Waals surface area contributed by atoms with Crippen LogP contribution in [0.5, 0.6) is 0 Å². The number of Topliss-reactive ketones (excluding diaryl/α,β-unsaturated/α-hetero) is 1. The van der Waals surface area contributed by atoms with E-state index in [1.807, 2.05) is 38.1 Å². The fourth-order valence-corrected chi connectivity index (χ4v) is 3.96. The van der Waals surface area contributed by atoms with Crippen LogP contribution < -0.4 is 0 Å². The van der Waals surface area contributed by atoms with E-state index in [-0.39, 0.29) is 23.6 Å². The van der Waals surface area contributed by atoms with E-state index >= 15 is 0 Å². The van der Waals surface area contributed by atoms with Gasteiger partial charge >= 0.3 is 0 Å². The predicted octanol–water partition coefficient (Wildman–Crippen LogP) is 5.15. The molecule has 1 fully saturated rings. The minimum atomic E-state index is -0.251. The van der Waals surface area contributed by atoms with Crippen molar-refractivity contribution in [2.24, 2.45) is 5.92 Å². The summed E-state index contributed by atoms with van der Waals surface area (Å²) in [6.45, 7) is 7.38. The molecule has 1 atom stereocenters. The highest BCUT2D eigenvalue weighted by atomic mass is 19.1. The van der Waals surface area contributed by atoms with Crippen LogP contribution in [0.15, 0.2) is 47.0 Å². The third-order valence-corrected chi connectivity index (χ3v) is 6.00. The fourth-order valence-electron chi connectivity index (χ4n) is 3.96. The first-order valence-corrected chi connectivity index (χ1v) is 10.4. The Labute approximate surface area is 175 Å². The lowest BCUT2D eigenvalue weighted by molar-refractivity contribution is 0.0774. The van der Waals surface area contributed by atoms with Crippen molar-refractivity contribution in [2.45, 2.75) is 39.7 Å². The summed E-state index contributed by atoms with van der Waals surface area (Å²) in [7, 11) is 0. The summed E-state index contributed by atoms with van der Waals surface area (Å²) >= 11 is 0. The fraction of sp³-hybridized carbons (Fsp3) is 0.375. The van der Waals surface area contributed by atoms with E-state index < -0.39 is 0 Å². The van der Waals surface area contributed by atoms with Gasteiger partial charge in [0.1, 0.15) is 5.82 Å². The van der Waals surface area contributed by atoms with Crippen LogP contribution in [0, 0.1) is 25.6 Å². The third-order valence-electron chi connectivity index (χ3n) is 6.00. The van der Waals surface area contributed by atoms with Gasteiger partial charge in [0.15, 0.2) is 5.78 Å². The van der Waals surface area contributed by atoms with Gasteiger partial charge < -0.3 is 4.52 Å². The first-order chi connectivity index (χ1) is 14.4. The van der Waals surface area contributed by atoms with Crippen molar-refractivity contribution in [1.82, 2.24) is 15.0 Å². The number of aryl methyl sites for hydroxylation is 2. The Balaban J connectivity index is 1.39. The lowest BCUT2D eigenvalue weighted by Gasteiger charge is -2.33. The average Bonchev–Trinajstić information content (AvgIpc) is 3.25. The van der Waals surface area contributed by atoms with Crippen LogP contribution >= 0.6 is 0 Å². The minimum Gasteiger partial charge on any atom is -0.337 e. The van der Waals surface area contributed by atoms with Gasteiger partial charge in [0.05, 0.1) is 6.04 Å². The average molecular weight is 407 g/mol. The maximum absolute atomic E-state index is 13.5. The van der Waals surface area contributed by atoms with Crippen molar-refractivity contribution >= 4 is 5.78 Å². The maximum atomic E-state index is 13.5. The van der Waals surface area contributed by atoms with Crippen LogP contribution in [0.1, 0.15) is 53.2 Å². The predicted molar refractivity (Wildman–Crippen MR) is 113 cm³/mol. The molecule has 1 aliphatic rings. The Morgan fingerprint density at radius 2 is 1.83 bits per heavy atom. The molecule has 0 spiro atoms. The van der Waals surface area contributed by atoms with Gasteiger partial charge in [0.2, 0.25) is 11.7 Å². The van der Waals surface area contributed by atoms with E-state index in [1.165, 1.54) is 6.07 Å². The van der Waals surface area contributed by atoms with Gasteiger partial charge in [-0.1, -0.05) is 35.0 Å². The maximum Gasteiger partial charge on any atom is 0.244 e. The van der Waals surface area contributed by atoms with E-state index in [0.717, 1.165) is 42.6 Å². The monoisotopic (exact) mass is 407 g/mol. The number of nitrogens with zero attached hydrogens (tertiary/aromatic N) is 3. The molecular formula is C24H26FN3O2. The Kier molecular flexibility index (Phi) is 5.77. The molecule has 1 saturated heterocycles. The SMILES string of the molecule is Cc1ccc(C(=O)C2CCN(C(C)c3nc(-c4ccc(F)c(C)c4)no3)CC2)cc1. The molecule has 0 saturated carbocycles. The second-order valence-electron chi connectivity index (χ2n) is 8.14. The second-order valence-corrected chi connectivity index (χ2v) is 8.14. The van der Waals surface area contributed by atoms with Crippen molar-refractivity contribution in [2.75, 3.05) is 13.1 Å². The zero-order chi connectivity index (χ0) is 21.3. The molecule has 0 radical (unpaired) electrons. The molecule has 1 unspecified atom stereocenters. The van der Waals surface area contributed by atoms with Crippen LogP contribution in [0.25, 0.3) is 11.4 Å². The topological polar surface area (TPSA) is 59.2 Å². The Bertz CT molecular complexity index is 1040. The van der Waals surface area contributed by atoms with Crippen LogP contribution in [-0.4, -0.2) is 33.9 Å². The van der Waals surface area contributed by atoms with E-state index in [4.69, 9.17) is 4.52 Å². The van der Waals surface area contributed by atoms with Gasteiger partial charge in [-0.2, -0.15) is 4.98 Å². The van der Waals surface area contributed by atoms with Gasteiger partial charge in [-0.25, -0.2) is 4.39 Å². The number of rotatable bonds is 5. The molecule has 0 bridgehead atoms. The number of carbonyl (C=O) groups is 1. The van der Waals surface area contributed by atoms with Crippen LogP contribution in [0.2, 0.25) is 0 Å². The summed E-state index contributed by atoms with van der Waals surface area (Å²) < 4.78 is 19.0. The number of benzene rings is 2. The highest BCUT2D eigenvalue weighted by Gasteiger charge is 2.30. The molecule has 3 aromatic rings. The van der Waals surface area contributed by atoms with E-state index in [1.54, 1.807) is 19.1 Å². The molecule has 1 aromatic heterocycles. The summed E-state index contributed by atoms with van der Waals surface area (Å²) in [5.74, 6) is 1.03. The molecule has 4 rings (SSSR count). The first-order valence-electron chi connectivity index (χ1n) is 10.4. The third kappa shape index (κ3) is 4.19. The summed E-state index contributed by atoms with van der Waals surface area (Å²) in [4.78, 5) is 19.6. The van der Waals surface area contributed by atoms with Crippen molar-refractivity contribution < 1.29 is 13.7 Å². The van der Waals surface area contributed by atoms with Crippen molar-refractivity contribution in [3.8, 4) is 11.4 Å². The summed E-state index contributed by atoms with van der Waals surface area (Å²) in [5, 5.41) is 4.07. The van der Waals surface area contributed by atoms with Crippen LogP contribution in [0.4, 0.5) is 4.39 Å². The molecule has 2 heterocycles. The van der Waals surface area contributed by atoms with Gasteiger partial charge in [-0.3, -0.25) is 9.69 Å². The number of likely N-dealkylation sites (tertiary alicyclic amines) is 1. The number of aromatic nitrogens is 2. The standard InChI is InChI=1S/C24H26FN3O2/c1-15-4-6-18(7-5-15)22(29)19-10-12-28(13-11-19)17(3)24-26-23(27-30-24)20-8-9-21(25)16(2)14-20/h4-9,14,17,19H,10-13H2,1-3H3. The second kappa shape index (κ2) is 8.48. The molecule has 1 aliphatic heterocycles. The molecule has 0 amide bonds. The highest BCUT2D eigenvalue weighted by Crippen LogP contribution is 2.29. The van der Waals surface area contributed by atoms with E-state index in [2.05, 4.69) is 15.0 Å². The summed E-state index contributed by atoms with van der Waals surface area (Å²) in [5.41, 5.74) is 3.24. The summed E-state index contributed by atoms with van der Waals surface area (Å²) in [6, 6.07) is 12.6. The summed E-state index contributed by atoms with van der Waals surface area (Å²) in [6.07, 6.45) is 1.63. The molecule has 156 valence electrons. The lowest BCUT2D eigenvalue weighted by Crippen LogP contribution is -2.38. The van der Waals surface area contributed by atoms with Crippen molar-refractivity contribution in [3.63, 3.8) is 0 Å². The molecule has 0 N–H and O–H groups in total. The van der Waals surface area contributed by atoms with Crippen LogP contribution in [0.3, 0.4) is 0 Å². The molecule has 2 aromatic carbocycles. The zero-order valence-electron chi connectivity index (χ0n) is 17.6. The highest BCUT2D eigenvalue weighted by molar-refractivity contribution is 5.97. The largest absolute Gasteiger partial charge is 0.337 e. The first kappa shape index (κ1) is 20.4. The van der Waals surface area contributed by atoms with Gasteiger partial charge in [0, 0.05) is 17.0 Å². The molecule has 5 nitrogen and oxygen atoms in total. The molecule has 30 heavy (non-hydrogen) atoms. The Morgan fingerprint density at radius 1 is 1.13 bits per heavy atom. The Hall–Kier alpha value is -2.86. The number of hydrogen-bond donors (Lipinski definition) is 0. The number of halogens is 1. The van der Waals surface area contributed by atoms with Gasteiger partial charge in [0.25, 0.3) is 0 Å². The number of ketones is 1. The van der Waals surface area contributed by atoms with E-state index in [9.17, 15) is 9.18 Å². The van der Waals surface area contributed by atoms with Crippen molar-refractivity contribution in [1.29, 1.82) is 0 Å². The normalized spacial score (nSPS) is 16.5. The molecular weight excluding hydrogens is 381 g/mol. The molecule has 0 aliphatic carbocycles. The lowest BCUT2D eigenvalue weighted by atomic mass is 9.88. The Morgan fingerprint density at radius 3 is 2.50 bits per heavy atom. The van der Waals surface area contributed by atoms with Crippen molar-refractivity contribution in [3.05, 3.63) is 70.9 Å². The number of carbonyl (C=O) groups excluding carboxylic acids is 1. The number of piperidine rings is 1. The quantitative estimate of drug-likeness (QED) is 0.548. The van der Waals surface area contributed by atoms with Gasteiger partial charge in [-0.15, -0.1) is 0 Å². The zero-order valence-corrected chi connectivity index (χ0v) is 17.6.